The van der Waals surface area contributed by atoms with Gasteiger partial charge in [0, 0.05) is 24.0 Å². The molecule has 0 bridgehead atoms. The van der Waals surface area contributed by atoms with Crippen LogP contribution in [-0.4, -0.2) is 31.8 Å². The predicted octanol–water partition coefficient (Wildman–Crippen LogP) is 4.26. The Labute approximate surface area is 169 Å². The third-order valence-electron chi connectivity index (χ3n) is 4.16. The highest BCUT2D eigenvalue weighted by Gasteiger charge is 2.14. The Balaban J connectivity index is 1.71. The number of hydrogen-bond donors (Lipinski definition) is 1. The van der Waals surface area contributed by atoms with E-state index in [2.05, 4.69) is 22.0 Å². The van der Waals surface area contributed by atoms with E-state index < -0.39 is 0 Å². The van der Waals surface area contributed by atoms with Crippen molar-refractivity contribution in [3.05, 3.63) is 72.1 Å². The first kappa shape index (κ1) is 19.9. The number of carbonyl (C=O) groups excluding carboxylic acids is 1. The number of aliphatic imine (C=N–C) groups is 1. The van der Waals surface area contributed by atoms with Crippen molar-refractivity contribution in [1.82, 2.24) is 4.98 Å². The van der Waals surface area contributed by atoms with Crippen molar-refractivity contribution in [2.45, 2.75) is 6.61 Å². The summed E-state index contributed by atoms with van der Waals surface area (Å²) in [6.45, 7) is 3.82. The van der Waals surface area contributed by atoms with Crippen molar-refractivity contribution in [3.8, 4) is 17.2 Å². The molecule has 0 spiro atoms. The van der Waals surface area contributed by atoms with E-state index in [0.717, 1.165) is 5.56 Å². The van der Waals surface area contributed by atoms with Crippen LogP contribution in [0.4, 0.5) is 11.4 Å². The zero-order valence-corrected chi connectivity index (χ0v) is 16.2. The van der Waals surface area contributed by atoms with Gasteiger partial charge in [-0.15, -0.1) is 0 Å². The number of benzene rings is 2. The van der Waals surface area contributed by atoms with Gasteiger partial charge in [-0.2, -0.15) is 0 Å². The van der Waals surface area contributed by atoms with E-state index in [0.29, 0.717) is 40.8 Å². The maximum atomic E-state index is 12.7. The number of nitrogens with zero attached hydrogens (tertiary/aromatic N) is 2. The summed E-state index contributed by atoms with van der Waals surface area (Å²) in [7, 11) is 3.07. The molecule has 7 nitrogen and oxygen atoms in total. The molecular weight excluding hydrogens is 370 g/mol. The smallest absolute Gasteiger partial charge is 0.259 e. The monoisotopic (exact) mass is 391 g/mol. The normalized spacial score (nSPS) is 10.1. The number of amides is 1. The first-order valence-electron chi connectivity index (χ1n) is 8.80. The Morgan fingerprint density at radius 1 is 1.10 bits per heavy atom. The standard InChI is InChI=1S/C22H21N3O4/c1-23-19-13-24-10-9-20(19)29-14-15-5-4-6-16(11-15)25-22(26)18-8-7-17(27-2)12-21(18)28-3/h4-13H,1,14H2,2-3H3,(H,25,26). The maximum absolute atomic E-state index is 12.7. The molecule has 0 saturated heterocycles. The van der Waals surface area contributed by atoms with Crippen LogP contribution in [0.15, 0.2) is 65.9 Å². The summed E-state index contributed by atoms with van der Waals surface area (Å²) in [6, 6.07) is 14.2. The fourth-order valence-electron chi connectivity index (χ4n) is 2.70. The highest BCUT2D eigenvalue weighted by molar-refractivity contribution is 6.06. The largest absolute Gasteiger partial charge is 0.497 e. The summed E-state index contributed by atoms with van der Waals surface area (Å²) in [5, 5.41) is 2.88. The zero-order valence-electron chi connectivity index (χ0n) is 16.2. The summed E-state index contributed by atoms with van der Waals surface area (Å²) in [6.07, 6.45) is 3.21. The molecule has 1 aromatic heterocycles. The van der Waals surface area contributed by atoms with Crippen molar-refractivity contribution in [2.24, 2.45) is 4.99 Å². The van der Waals surface area contributed by atoms with E-state index in [4.69, 9.17) is 14.2 Å². The van der Waals surface area contributed by atoms with Gasteiger partial charge >= 0.3 is 0 Å². The average Bonchev–Trinajstić information content (AvgIpc) is 2.77. The number of hydrogen-bond acceptors (Lipinski definition) is 6. The molecule has 0 radical (unpaired) electrons. The molecule has 29 heavy (non-hydrogen) atoms. The van der Waals surface area contributed by atoms with E-state index in [1.54, 1.807) is 49.8 Å². The van der Waals surface area contributed by atoms with E-state index in [1.165, 1.54) is 7.11 Å². The molecule has 148 valence electrons. The van der Waals surface area contributed by atoms with Crippen molar-refractivity contribution in [3.63, 3.8) is 0 Å². The molecule has 0 fully saturated rings. The van der Waals surface area contributed by atoms with Crippen molar-refractivity contribution >= 4 is 24.0 Å². The summed E-state index contributed by atoms with van der Waals surface area (Å²) >= 11 is 0. The molecule has 0 aliphatic heterocycles. The molecule has 1 amide bonds. The Bertz CT molecular complexity index is 1020. The molecule has 0 saturated carbocycles. The topological polar surface area (TPSA) is 82.0 Å². The first-order valence-corrected chi connectivity index (χ1v) is 8.80. The Kier molecular flexibility index (Phi) is 6.42. The number of methoxy groups -OCH3 is 2. The second-order valence-corrected chi connectivity index (χ2v) is 6.01. The zero-order chi connectivity index (χ0) is 20.6. The van der Waals surface area contributed by atoms with Crippen LogP contribution in [0.5, 0.6) is 17.2 Å². The molecule has 0 aliphatic rings. The average molecular weight is 391 g/mol. The van der Waals surface area contributed by atoms with E-state index in [1.807, 2.05) is 18.2 Å². The Hall–Kier alpha value is -3.87. The van der Waals surface area contributed by atoms with Gasteiger partial charge in [0.05, 0.1) is 26.0 Å². The van der Waals surface area contributed by atoms with Crippen LogP contribution in [0.25, 0.3) is 0 Å². The third-order valence-corrected chi connectivity index (χ3v) is 4.16. The van der Waals surface area contributed by atoms with E-state index >= 15 is 0 Å². The van der Waals surface area contributed by atoms with E-state index in [9.17, 15) is 4.79 Å². The molecule has 0 aliphatic carbocycles. The maximum Gasteiger partial charge on any atom is 0.259 e. The summed E-state index contributed by atoms with van der Waals surface area (Å²) < 4.78 is 16.3. The van der Waals surface area contributed by atoms with Crippen LogP contribution in [0.2, 0.25) is 0 Å². The highest BCUT2D eigenvalue weighted by Crippen LogP contribution is 2.27. The lowest BCUT2D eigenvalue weighted by Gasteiger charge is -2.12. The molecule has 3 rings (SSSR count). The lowest BCUT2D eigenvalue weighted by atomic mass is 10.1. The Morgan fingerprint density at radius 3 is 2.72 bits per heavy atom. The van der Waals surface area contributed by atoms with Crippen molar-refractivity contribution in [1.29, 1.82) is 0 Å². The summed E-state index contributed by atoms with van der Waals surface area (Å²) in [4.78, 5) is 20.6. The lowest BCUT2D eigenvalue weighted by Crippen LogP contribution is -2.13. The molecule has 1 N–H and O–H groups in total. The van der Waals surface area contributed by atoms with Gasteiger partial charge in [0.1, 0.15) is 29.5 Å². The molecule has 0 unspecified atom stereocenters. The van der Waals surface area contributed by atoms with Gasteiger partial charge in [-0.1, -0.05) is 12.1 Å². The van der Waals surface area contributed by atoms with Crippen molar-refractivity contribution < 1.29 is 19.0 Å². The number of carbonyl (C=O) groups is 1. The van der Waals surface area contributed by atoms with Crippen LogP contribution in [-0.2, 0) is 6.61 Å². The van der Waals surface area contributed by atoms with Crippen LogP contribution < -0.4 is 19.5 Å². The quantitative estimate of drug-likeness (QED) is 0.580. The van der Waals surface area contributed by atoms with Gasteiger partial charge in [0.15, 0.2) is 0 Å². The summed E-state index contributed by atoms with van der Waals surface area (Å²) in [5.74, 6) is 1.35. The minimum absolute atomic E-state index is 0.283. The van der Waals surface area contributed by atoms with Gasteiger partial charge in [-0.05, 0) is 36.5 Å². The van der Waals surface area contributed by atoms with Gasteiger partial charge in [0.2, 0.25) is 0 Å². The number of ether oxygens (including phenoxy) is 3. The predicted molar refractivity (Wildman–Crippen MR) is 112 cm³/mol. The number of aromatic nitrogens is 1. The van der Waals surface area contributed by atoms with Gasteiger partial charge < -0.3 is 19.5 Å². The molecule has 2 aromatic carbocycles. The lowest BCUT2D eigenvalue weighted by molar-refractivity contribution is 0.102. The fourth-order valence-corrected chi connectivity index (χ4v) is 2.70. The highest BCUT2D eigenvalue weighted by atomic mass is 16.5. The van der Waals surface area contributed by atoms with Crippen molar-refractivity contribution in [2.75, 3.05) is 19.5 Å². The third kappa shape index (κ3) is 4.90. The van der Waals surface area contributed by atoms with E-state index in [-0.39, 0.29) is 5.91 Å². The van der Waals surface area contributed by atoms with Gasteiger partial charge in [0.25, 0.3) is 5.91 Å². The number of rotatable bonds is 8. The van der Waals surface area contributed by atoms with Crippen LogP contribution in [0.3, 0.4) is 0 Å². The second kappa shape index (κ2) is 9.36. The number of nitrogens with one attached hydrogen (secondary N) is 1. The molecular formula is C22H21N3O4. The molecule has 7 heteroatoms. The molecule has 0 atom stereocenters. The van der Waals surface area contributed by atoms with Gasteiger partial charge in [-0.3, -0.25) is 14.8 Å². The fraction of sp³-hybridized carbons (Fsp3) is 0.136. The number of anilines is 1. The minimum Gasteiger partial charge on any atom is -0.497 e. The SMILES string of the molecule is C=Nc1cnccc1OCc1cccc(NC(=O)c2ccc(OC)cc2OC)c1. The van der Waals surface area contributed by atoms with Gasteiger partial charge in [-0.25, -0.2) is 0 Å². The first-order chi connectivity index (χ1) is 14.1. The minimum atomic E-state index is -0.283. The van der Waals surface area contributed by atoms with Crippen LogP contribution in [0, 0.1) is 0 Å². The second-order valence-electron chi connectivity index (χ2n) is 6.01. The van der Waals surface area contributed by atoms with Crippen LogP contribution >= 0.6 is 0 Å². The van der Waals surface area contributed by atoms with Crippen LogP contribution in [0.1, 0.15) is 15.9 Å². The molecule has 1 heterocycles. The number of pyridine rings is 1. The Morgan fingerprint density at radius 2 is 1.97 bits per heavy atom. The summed E-state index contributed by atoms with van der Waals surface area (Å²) in [5.41, 5.74) is 2.51. The molecule has 3 aromatic rings.